The molecule has 2 unspecified atom stereocenters. The Balaban J connectivity index is 0.00000288. The van der Waals surface area contributed by atoms with E-state index < -0.39 is 6.04 Å². The van der Waals surface area contributed by atoms with Crippen molar-refractivity contribution in [2.24, 2.45) is 5.73 Å². The molecular formula is C16H23ClN4O3. The zero-order chi connectivity index (χ0) is 17.0. The highest BCUT2D eigenvalue weighted by Crippen LogP contribution is 2.16. The van der Waals surface area contributed by atoms with Crippen LogP contribution in [0.1, 0.15) is 41.9 Å². The molecule has 2 N–H and O–H groups in total. The first kappa shape index (κ1) is 20.1. The van der Waals surface area contributed by atoms with Gasteiger partial charge in [-0.15, -0.1) is 12.4 Å². The number of carbonyl (C=O) groups excluding carboxylic acids is 1. The molecule has 0 aliphatic heterocycles. The van der Waals surface area contributed by atoms with Crippen molar-refractivity contribution in [3.8, 4) is 0 Å². The first-order valence-electron chi connectivity index (χ1n) is 7.34. The van der Waals surface area contributed by atoms with Gasteiger partial charge in [0.2, 0.25) is 11.8 Å². The second-order valence-corrected chi connectivity index (χ2v) is 5.51. The van der Waals surface area contributed by atoms with Crippen molar-refractivity contribution in [2.75, 3.05) is 14.2 Å². The quantitative estimate of drug-likeness (QED) is 0.854. The van der Waals surface area contributed by atoms with Gasteiger partial charge in [-0.1, -0.05) is 35.0 Å². The summed E-state index contributed by atoms with van der Waals surface area (Å²) in [6.45, 7) is 4.00. The van der Waals surface area contributed by atoms with Crippen LogP contribution in [0.25, 0.3) is 0 Å². The molecule has 24 heavy (non-hydrogen) atoms. The van der Waals surface area contributed by atoms with E-state index in [-0.39, 0.29) is 31.0 Å². The molecule has 0 radical (unpaired) electrons. The minimum absolute atomic E-state index is 0. The average molecular weight is 355 g/mol. The number of nitrogens with zero attached hydrogens (tertiary/aromatic N) is 3. The van der Waals surface area contributed by atoms with Gasteiger partial charge >= 0.3 is 0 Å². The number of likely N-dealkylation sites (N-methyl/N-ethyl adjacent to an activating group) is 1. The van der Waals surface area contributed by atoms with Gasteiger partial charge in [0.1, 0.15) is 12.1 Å². The first-order valence-corrected chi connectivity index (χ1v) is 7.34. The zero-order valence-electron chi connectivity index (χ0n) is 14.2. The standard InChI is InChI=1S/C16H22N4O3.ClH/c1-10-5-7-12(8-6-10)14(17)16(21)20(3)9-13-18-15(19-23-13)11(2)22-4;/h5-8,11,14H,9,17H2,1-4H3;1H. The number of hydrogen-bond acceptors (Lipinski definition) is 6. The second-order valence-electron chi connectivity index (χ2n) is 5.51. The smallest absolute Gasteiger partial charge is 0.246 e. The fourth-order valence-electron chi connectivity index (χ4n) is 2.04. The van der Waals surface area contributed by atoms with E-state index in [2.05, 4.69) is 10.1 Å². The Morgan fingerprint density at radius 2 is 2.00 bits per heavy atom. The third kappa shape index (κ3) is 4.77. The normalized spacial score (nSPS) is 13.0. The number of methoxy groups -OCH3 is 1. The van der Waals surface area contributed by atoms with E-state index in [1.165, 1.54) is 4.90 Å². The molecule has 0 aliphatic rings. The molecule has 2 rings (SSSR count). The van der Waals surface area contributed by atoms with E-state index in [9.17, 15) is 4.79 Å². The van der Waals surface area contributed by atoms with E-state index in [1.54, 1.807) is 14.2 Å². The minimum atomic E-state index is -0.721. The number of amides is 1. The van der Waals surface area contributed by atoms with Crippen LogP contribution in [0.15, 0.2) is 28.8 Å². The van der Waals surface area contributed by atoms with E-state index in [1.807, 2.05) is 38.1 Å². The second kappa shape index (κ2) is 8.77. The van der Waals surface area contributed by atoms with Gasteiger partial charge in [0.25, 0.3) is 0 Å². The van der Waals surface area contributed by atoms with Crippen molar-refractivity contribution in [1.29, 1.82) is 0 Å². The maximum Gasteiger partial charge on any atom is 0.246 e. The lowest BCUT2D eigenvalue weighted by molar-refractivity contribution is -0.132. The van der Waals surface area contributed by atoms with Crippen molar-refractivity contribution >= 4 is 18.3 Å². The average Bonchev–Trinajstić information content (AvgIpc) is 3.01. The number of aromatic nitrogens is 2. The number of rotatable bonds is 6. The molecule has 8 heteroatoms. The topological polar surface area (TPSA) is 94.5 Å². The molecule has 7 nitrogen and oxygen atoms in total. The summed E-state index contributed by atoms with van der Waals surface area (Å²) in [4.78, 5) is 18.1. The van der Waals surface area contributed by atoms with Crippen LogP contribution in [0.2, 0.25) is 0 Å². The van der Waals surface area contributed by atoms with E-state index >= 15 is 0 Å². The molecule has 1 aromatic carbocycles. The van der Waals surface area contributed by atoms with Crippen molar-refractivity contribution in [2.45, 2.75) is 32.5 Å². The lowest BCUT2D eigenvalue weighted by atomic mass is 10.1. The summed E-state index contributed by atoms with van der Waals surface area (Å²) < 4.78 is 10.3. The molecule has 132 valence electrons. The fourth-order valence-corrected chi connectivity index (χ4v) is 2.04. The third-order valence-corrected chi connectivity index (χ3v) is 3.65. The van der Waals surface area contributed by atoms with Crippen LogP contribution in [0.4, 0.5) is 0 Å². The number of nitrogens with two attached hydrogens (primary N) is 1. The van der Waals surface area contributed by atoms with Crippen molar-refractivity contribution in [3.05, 3.63) is 47.1 Å². The largest absolute Gasteiger partial charge is 0.374 e. The summed E-state index contributed by atoms with van der Waals surface area (Å²) in [5.74, 6) is 0.579. The highest BCUT2D eigenvalue weighted by Gasteiger charge is 2.22. The van der Waals surface area contributed by atoms with E-state index in [4.69, 9.17) is 15.0 Å². The summed E-state index contributed by atoms with van der Waals surface area (Å²) >= 11 is 0. The number of ether oxygens (including phenoxy) is 1. The number of hydrogen-bond donors (Lipinski definition) is 1. The predicted octanol–water partition coefficient (Wildman–Crippen LogP) is 2.17. The summed E-state index contributed by atoms with van der Waals surface area (Å²) in [5, 5.41) is 3.83. The van der Waals surface area contributed by atoms with E-state index in [0.717, 1.165) is 11.1 Å². The molecule has 2 aromatic rings. The molecule has 0 saturated carbocycles. The molecule has 0 spiro atoms. The van der Waals surface area contributed by atoms with Crippen LogP contribution in [0.5, 0.6) is 0 Å². The molecule has 0 bridgehead atoms. The number of halogens is 1. The maximum atomic E-state index is 12.4. The van der Waals surface area contributed by atoms with Crippen LogP contribution >= 0.6 is 12.4 Å². The molecule has 1 amide bonds. The monoisotopic (exact) mass is 354 g/mol. The Kier molecular flexibility index (Phi) is 7.34. The van der Waals surface area contributed by atoms with Crippen molar-refractivity contribution < 1.29 is 14.1 Å². The molecule has 0 saturated heterocycles. The van der Waals surface area contributed by atoms with Crippen LogP contribution < -0.4 is 5.73 Å². The SMILES string of the molecule is COC(C)c1noc(CN(C)C(=O)C(N)c2ccc(C)cc2)n1.Cl. The Hall–Kier alpha value is -1.96. The fraction of sp³-hybridized carbons (Fsp3) is 0.438. The van der Waals surface area contributed by atoms with Gasteiger partial charge in [0, 0.05) is 14.2 Å². The highest BCUT2D eigenvalue weighted by molar-refractivity contribution is 5.85. The summed E-state index contributed by atoms with van der Waals surface area (Å²) in [6, 6.07) is 6.85. The van der Waals surface area contributed by atoms with Gasteiger partial charge in [-0.05, 0) is 19.4 Å². The Morgan fingerprint density at radius 1 is 1.38 bits per heavy atom. The van der Waals surface area contributed by atoms with Crippen LogP contribution in [-0.2, 0) is 16.1 Å². The molecule has 0 aliphatic carbocycles. The van der Waals surface area contributed by atoms with Gasteiger partial charge < -0.3 is 19.9 Å². The van der Waals surface area contributed by atoms with E-state index in [0.29, 0.717) is 11.7 Å². The molecular weight excluding hydrogens is 332 g/mol. The van der Waals surface area contributed by atoms with Gasteiger partial charge in [-0.2, -0.15) is 4.98 Å². The third-order valence-electron chi connectivity index (χ3n) is 3.65. The molecule has 0 fully saturated rings. The van der Waals surface area contributed by atoms with Crippen LogP contribution in [0, 0.1) is 6.92 Å². The van der Waals surface area contributed by atoms with Gasteiger partial charge in [0.05, 0.1) is 6.54 Å². The van der Waals surface area contributed by atoms with Crippen molar-refractivity contribution in [1.82, 2.24) is 15.0 Å². The number of carbonyl (C=O) groups is 1. The van der Waals surface area contributed by atoms with Crippen LogP contribution in [-0.4, -0.2) is 35.1 Å². The van der Waals surface area contributed by atoms with Crippen LogP contribution in [0.3, 0.4) is 0 Å². The number of aryl methyl sites for hydroxylation is 1. The molecule has 1 aromatic heterocycles. The Morgan fingerprint density at radius 3 is 2.58 bits per heavy atom. The highest BCUT2D eigenvalue weighted by atomic mass is 35.5. The molecule has 2 atom stereocenters. The first-order chi connectivity index (χ1) is 10.9. The van der Waals surface area contributed by atoms with Gasteiger partial charge in [-0.25, -0.2) is 0 Å². The lowest BCUT2D eigenvalue weighted by Crippen LogP contribution is -2.35. The summed E-state index contributed by atoms with van der Waals surface area (Å²) in [5.41, 5.74) is 7.93. The maximum absolute atomic E-state index is 12.4. The lowest BCUT2D eigenvalue weighted by Gasteiger charge is -2.20. The Labute approximate surface area is 147 Å². The van der Waals surface area contributed by atoms with Gasteiger partial charge in [0.15, 0.2) is 5.82 Å². The minimum Gasteiger partial charge on any atom is -0.374 e. The predicted molar refractivity (Wildman–Crippen MR) is 91.6 cm³/mol. The van der Waals surface area contributed by atoms with Gasteiger partial charge in [-0.3, -0.25) is 4.79 Å². The Bertz CT molecular complexity index is 660. The molecule has 1 heterocycles. The summed E-state index contributed by atoms with van der Waals surface area (Å²) in [6.07, 6.45) is -0.261. The zero-order valence-corrected chi connectivity index (χ0v) is 15.0. The number of benzene rings is 1. The van der Waals surface area contributed by atoms with Crippen molar-refractivity contribution in [3.63, 3.8) is 0 Å². The summed E-state index contributed by atoms with van der Waals surface area (Å²) in [7, 11) is 3.22.